The van der Waals surface area contributed by atoms with E-state index in [1.165, 1.54) is 0 Å². The van der Waals surface area contributed by atoms with E-state index in [0.717, 1.165) is 18.7 Å². The van der Waals surface area contributed by atoms with Gasteiger partial charge in [0.1, 0.15) is 12.7 Å². The van der Waals surface area contributed by atoms with Crippen molar-refractivity contribution >= 4 is 0 Å². The molecule has 1 aromatic rings. The first-order valence-corrected chi connectivity index (χ1v) is 6.00. The van der Waals surface area contributed by atoms with E-state index in [4.69, 9.17) is 14.6 Å². The highest BCUT2D eigenvalue weighted by molar-refractivity contribution is 5.42. The molecular weight excluding hydrogens is 234 g/mol. The third-order valence-electron chi connectivity index (χ3n) is 2.45. The Hall–Kier alpha value is -1.30. The van der Waals surface area contributed by atoms with Gasteiger partial charge in [0, 0.05) is 6.54 Å². The van der Waals surface area contributed by atoms with Crippen LogP contribution in [0.4, 0.5) is 0 Å². The molecule has 0 aliphatic carbocycles. The van der Waals surface area contributed by atoms with E-state index in [-0.39, 0.29) is 13.2 Å². The number of hydrogen-bond acceptors (Lipinski definition) is 5. The summed E-state index contributed by atoms with van der Waals surface area (Å²) < 4.78 is 10.6. The number of ether oxygens (including phenoxy) is 2. The maximum absolute atomic E-state index is 9.27. The van der Waals surface area contributed by atoms with Crippen LogP contribution in [0.2, 0.25) is 0 Å². The highest BCUT2D eigenvalue weighted by Gasteiger charge is 2.08. The first kappa shape index (κ1) is 14.8. The van der Waals surface area contributed by atoms with Crippen LogP contribution < -0.4 is 14.8 Å². The monoisotopic (exact) mass is 255 g/mol. The second-order valence-corrected chi connectivity index (χ2v) is 3.91. The van der Waals surface area contributed by atoms with Gasteiger partial charge in [0.05, 0.1) is 13.7 Å². The van der Waals surface area contributed by atoms with Gasteiger partial charge in [0.25, 0.3) is 0 Å². The fourth-order valence-corrected chi connectivity index (χ4v) is 1.45. The molecule has 0 aliphatic heterocycles. The van der Waals surface area contributed by atoms with Gasteiger partial charge >= 0.3 is 0 Å². The summed E-state index contributed by atoms with van der Waals surface area (Å²) in [5.41, 5.74) is 1.08. The summed E-state index contributed by atoms with van der Waals surface area (Å²) in [6.07, 6.45) is -0.882. The number of benzene rings is 1. The number of nitrogens with one attached hydrogen (secondary N) is 1. The van der Waals surface area contributed by atoms with Crippen LogP contribution in [-0.2, 0) is 6.54 Å². The fourth-order valence-electron chi connectivity index (χ4n) is 1.45. The van der Waals surface area contributed by atoms with Gasteiger partial charge in [-0.3, -0.25) is 0 Å². The molecule has 1 atom stereocenters. The van der Waals surface area contributed by atoms with E-state index in [2.05, 4.69) is 5.32 Å². The Bertz CT molecular complexity index is 357. The summed E-state index contributed by atoms with van der Waals surface area (Å²) >= 11 is 0. The molecule has 0 saturated heterocycles. The van der Waals surface area contributed by atoms with Crippen LogP contribution in [0.1, 0.15) is 12.5 Å². The lowest BCUT2D eigenvalue weighted by molar-refractivity contribution is 0.0527. The molecule has 0 aliphatic rings. The molecule has 3 N–H and O–H groups in total. The third kappa shape index (κ3) is 4.52. The van der Waals surface area contributed by atoms with Crippen LogP contribution in [0.5, 0.6) is 11.5 Å². The van der Waals surface area contributed by atoms with Crippen LogP contribution in [0.3, 0.4) is 0 Å². The molecular formula is C13H21NO4. The van der Waals surface area contributed by atoms with Gasteiger partial charge in [-0.15, -0.1) is 0 Å². The van der Waals surface area contributed by atoms with Crippen molar-refractivity contribution in [3.05, 3.63) is 23.8 Å². The maximum atomic E-state index is 9.27. The molecule has 0 radical (unpaired) electrons. The molecule has 0 amide bonds. The molecule has 0 heterocycles. The van der Waals surface area contributed by atoms with Gasteiger partial charge in [-0.1, -0.05) is 13.0 Å². The maximum Gasteiger partial charge on any atom is 0.161 e. The van der Waals surface area contributed by atoms with Gasteiger partial charge in [0.15, 0.2) is 11.5 Å². The topological polar surface area (TPSA) is 71.0 Å². The Morgan fingerprint density at radius 2 is 2.11 bits per heavy atom. The molecule has 5 heteroatoms. The Balaban J connectivity index is 2.71. The first-order chi connectivity index (χ1) is 8.71. The minimum Gasteiger partial charge on any atom is -0.493 e. The largest absolute Gasteiger partial charge is 0.493 e. The smallest absolute Gasteiger partial charge is 0.161 e. The molecule has 1 rings (SSSR count). The summed E-state index contributed by atoms with van der Waals surface area (Å²) in [5.74, 6) is 1.18. The summed E-state index contributed by atoms with van der Waals surface area (Å²) in [5, 5.41) is 21.2. The predicted octanol–water partition coefficient (Wildman–Crippen LogP) is 0.537. The van der Waals surface area contributed by atoms with Gasteiger partial charge in [-0.2, -0.15) is 0 Å². The van der Waals surface area contributed by atoms with Gasteiger partial charge < -0.3 is 25.0 Å². The van der Waals surface area contributed by atoms with Crippen LogP contribution in [-0.4, -0.2) is 43.2 Å². The van der Waals surface area contributed by atoms with Crippen LogP contribution in [0.15, 0.2) is 18.2 Å². The molecule has 18 heavy (non-hydrogen) atoms. The zero-order chi connectivity index (χ0) is 13.4. The molecule has 0 aromatic heterocycles. The predicted molar refractivity (Wildman–Crippen MR) is 69.0 cm³/mol. The van der Waals surface area contributed by atoms with E-state index < -0.39 is 6.10 Å². The van der Waals surface area contributed by atoms with E-state index in [1.54, 1.807) is 7.11 Å². The summed E-state index contributed by atoms with van der Waals surface area (Å²) in [7, 11) is 1.56. The lowest BCUT2D eigenvalue weighted by Crippen LogP contribution is -2.21. The Morgan fingerprint density at radius 3 is 2.72 bits per heavy atom. The van der Waals surface area contributed by atoms with E-state index in [9.17, 15) is 5.11 Å². The number of rotatable bonds is 8. The molecule has 0 bridgehead atoms. The van der Waals surface area contributed by atoms with Crippen molar-refractivity contribution in [1.29, 1.82) is 0 Å². The van der Waals surface area contributed by atoms with Crippen LogP contribution in [0, 0.1) is 0 Å². The molecule has 0 spiro atoms. The standard InChI is InChI=1S/C13H21NO4/c1-3-14-7-10-4-5-12(17-2)13(6-10)18-9-11(16)8-15/h4-6,11,14-16H,3,7-9H2,1-2H3. The molecule has 1 unspecified atom stereocenters. The van der Waals surface area contributed by atoms with Crippen molar-refractivity contribution in [2.75, 3.05) is 26.9 Å². The van der Waals surface area contributed by atoms with Crippen LogP contribution in [0.25, 0.3) is 0 Å². The van der Waals surface area contributed by atoms with Crippen molar-refractivity contribution in [3.63, 3.8) is 0 Å². The number of hydrogen-bond donors (Lipinski definition) is 3. The minimum absolute atomic E-state index is 0.0392. The van der Waals surface area contributed by atoms with Crippen LogP contribution >= 0.6 is 0 Å². The Labute approximate surface area is 107 Å². The number of aliphatic hydroxyl groups excluding tert-OH is 2. The van der Waals surface area contributed by atoms with Crippen molar-refractivity contribution in [2.24, 2.45) is 0 Å². The van der Waals surface area contributed by atoms with E-state index in [1.807, 2.05) is 25.1 Å². The SMILES string of the molecule is CCNCc1ccc(OC)c(OCC(O)CO)c1. The highest BCUT2D eigenvalue weighted by atomic mass is 16.5. The lowest BCUT2D eigenvalue weighted by Gasteiger charge is -2.14. The van der Waals surface area contributed by atoms with Gasteiger partial charge in [-0.05, 0) is 24.2 Å². The van der Waals surface area contributed by atoms with Crippen molar-refractivity contribution < 1.29 is 19.7 Å². The number of methoxy groups -OCH3 is 1. The summed E-state index contributed by atoms with van der Waals surface area (Å²) in [6.45, 7) is 3.40. The van der Waals surface area contributed by atoms with E-state index >= 15 is 0 Å². The molecule has 102 valence electrons. The average Bonchev–Trinajstić information content (AvgIpc) is 2.42. The lowest BCUT2D eigenvalue weighted by atomic mass is 10.2. The normalized spacial score (nSPS) is 12.2. The third-order valence-corrected chi connectivity index (χ3v) is 2.45. The second-order valence-electron chi connectivity index (χ2n) is 3.91. The average molecular weight is 255 g/mol. The Kier molecular flexibility index (Phi) is 6.49. The summed E-state index contributed by atoms with van der Waals surface area (Å²) in [4.78, 5) is 0. The van der Waals surface area contributed by atoms with Crippen molar-refractivity contribution in [1.82, 2.24) is 5.32 Å². The second kappa shape index (κ2) is 7.92. The minimum atomic E-state index is -0.882. The highest BCUT2D eigenvalue weighted by Crippen LogP contribution is 2.28. The molecule has 5 nitrogen and oxygen atoms in total. The van der Waals surface area contributed by atoms with Gasteiger partial charge in [-0.25, -0.2) is 0 Å². The van der Waals surface area contributed by atoms with Crippen molar-refractivity contribution in [2.45, 2.75) is 19.6 Å². The first-order valence-electron chi connectivity index (χ1n) is 6.00. The summed E-state index contributed by atoms with van der Waals surface area (Å²) in [6, 6.07) is 5.65. The molecule has 0 fully saturated rings. The quantitative estimate of drug-likeness (QED) is 0.632. The van der Waals surface area contributed by atoms with Crippen molar-refractivity contribution in [3.8, 4) is 11.5 Å². The number of aliphatic hydroxyl groups is 2. The zero-order valence-electron chi connectivity index (χ0n) is 10.8. The Morgan fingerprint density at radius 1 is 1.33 bits per heavy atom. The van der Waals surface area contributed by atoms with E-state index in [0.29, 0.717) is 11.5 Å². The fraction of sp³-hybridized carbons (Fsp3) is 0.538. The molecule has 0 saturated carbocycles. The molecule has 1 aromatic carbocycles. The van der Waals surface area contributed by atoms with Gasteiger partial charge in [0.2, 0.25) is 0 Å². The zero-order valence-corrected chi connectivity index (χ0v) is 10.8.